The van der Waals surface area contributed by atoms with Crippen molar-refractivity contribution in [3.63, 3.8) is 0 Å². The van der Waals surface area contributed by atoms with Gasteiger partial charge in [0.25, 0.3) is 0 Å². The van der Waals surface area contributed by atoms with E-state index in [1.165, 1.54) is 5.69 Å². The van der Waals surface area contributed by atoms with Gasteiger partial charge in [-0.2, -0.15) is 0 Å². The van der Waals surface area contributed by atoms with Gasteiger partial charge in [-0.15, -0.1) is 0 Å². The van der Waals surface area contributed by atoms with Gasteiger partial charge in [0.2, 0.25) is 0 Å². The minimum Gasteiger partial charge on any atom is -0.336 e. The Kier molecular flexibility index (Phi) is 4.52. The molecule has 0 saturated heterocycles. The Balaban J connectivity index is 2.07. The second-order valence-electron chi connectivity index (χ2n) is 6.82. The van der Waals surface area contributed by atoms with Crippen LogP contribution >= 0.6 is 0 Å². The first-order chi connectivity index (χ1) is 9.79. The molecule has 2 rings (SSSR count). The lowest BCUT2D eigenvalue weighted by atomic mass is 9.86. The van der Waals surface area contributed by atoms with Crippen molar-refractivity contribution in [2.45, 2.75) is 53.8 Å². The summed E-state index contributed by atoms with van der Waals surface area (Å²) in [4.78, 5) is 8.77. The molecular formula is C16H27N5. The molecule has 0 radical (unpaired) electrons. The Morgan fingerprint density at radius 1 is 1.29 bits per heavy atom. The zero-order valence-electron chi connectivity index (χ0n) is 14.0. The van der Waals surface area contributed by atoms with Crippen molar-refractivity contribution < 1.29 is 0 Å². The Bertz CT molecular complexity index is 575. The third-order valence-electron chi connectivity index (χ3n) is 4.22. The van der Waals surface area contributed by atoms with Crippen molar-refractivity contribution in [2.75, 3.05) is 0 Å². The van der Waals surface area contributed by atoms with E-state index in [4.69, 9.17) is 0 Å². The van der Waals surface area contributed by atoms with Gasteiger partial charge in [0.1, 0.15) is 5.82 Å². The molecule has 1 unspecified atom stereocenters. The number of aromatic nitrogens is 4. The molecule has 0 aliphatic rings. The third kappa shape index (κ3) is 3.73. The van der Waals surface area contributed by atoms with Crippen LogP contribution in [0.15, 0.2) is 18.7 Å². The number of imidazole rings is 2. The third-order valence-corrected chi connectivity index (χ3v) is 4.22. The topological polar surface area (TPSA) is 47.7 Å². The van der Waals surface area contributed by atoms with Crippen LogP contribution in [0.3, 0.4) is 0 Å². The minimum absolute atomic E-state index is 0.166. The van der Waals surface area contributed by atoms with Crippen LogP contribution in [0.4, 0.5) is 0 Å². The summed E-state index contributed by atoms with van der Waals surface area (Å²) in [5.41, 5.74) is 2.50. The van der Waals surface area contributed by atoms with Crippen LogP contribution in [0, 0.1) is 19.3 Å². The van der Waals surface area contributed by atoms with Crippen molar-refractivity contribution in [3.8, 4) is 0 Å². The molecular weight excluding hydrogens is 262 g/mol. The summed E-state index contributed by atoms with van der Waals surface area (Å²) in [7, 11) is 2.08. The molecule has 0 saturated carbocycles. The Labute approximate surface area is 127 Å². The van der Waals surface area contributed by atoms with E-state index < -0.39 is 0 Å². The summed E-state index contributed by atoms with van der Waals surface area (Å²) in [6.07, 6.45) is 5.70. The zero-order chi connectivity index (χ0) is 15.6. The molecule has 2 aromatic rings. The molecule has 1 atom stereocenters. The second kappa shape index (κ2) is 6.02. The van der Waals surface area contributed by atoms with E-state index in [9.17, 15) is 0 Å². The highest BCUT2D eigenvalue weighted by Crippen LogP contribution is 2.21. The SMILES string of the molecule is Cc1nc(CNC(Cn2ccnc2)C(C)(C)C)n(C)c1C. The highest BCUT2D eigenvalue weighted by Gasteiger charge is 2.25. The molecule has 5 nitrogen and oxygen atoms in total. The average Bonchev–Trinajstić information content (AvgIpc) is 2.98. The van der Waals surface area contributed by atoms with E-state index in [1.54, 1.807) is 0 Å². The number of rotatable bonds is 5. The fourth-order valence-corrected chi connectivity index (χ4v) is 2.41. The largest absolute Gasteiger partial charge is 0.336 e. The Morgan fingerprint density at radius 2 is 2.00 bits per heavy atom. The fraction of sp³-hybridized carbons (Fsp3) is 0.625. The number of nitrogens with one attached hydrogen (secondary N) is 1. The first-order valence-corrected chi connectivity index (χ1v) is 7.47. The maximum Gasteiger partial charge on any atom is 0.122 e. The summed E-state index contributed by atoms with van der Waals surface area (Å²) in [6, 6.07) is 0.351. The predicted octanol–water partition coefficient (Wildman–Crippen LogP) is 2.44. The monoisotopic (exact) mass is 289 g/mol. The van der Waals surface area contributed by atoms with Gasteiger partial charge in [-0.3, -0.25) is 0 Å². The average molecular weight is 289 g/mol. The maximum atomic E-state index is 4.64. The van der Waals surface area contributed by atoms with Gasteiger partial charge in [-0.25, -0.2) is 9.97 Å². The first-order valence-electron chi connectivity index (χ1n) is 7.47. The van der Waals surface area contributed by atoms with Gasteiger partial charge in [-0.05, 0) is 19.3 Å². The molecule has 21 heavy (non-hydrogen) atoms. The molecule has 0 aromatic carbocycles. The van der Waals surface area contributed by atoms with E-state index in [-0.39, 0.29) is 5.41 Å². The van der Waals surface area contributed by atoms with Crippen molar-refractivity contribution in [3.05, 3.63) is 35.9 Å². The maximum absolute atomic E-state index is 4.64. The molecule has 0 fully saturated rings. The summed E-state index contributed by atoms with van der Waals surface area (Å²) >= 11 is 0. The van der Waals surface area contributed by atoms with Crippen LogP contribution in [-0.2, 0) is 20.1 Å². The quantitative estimate of drug-likeness (QED) is 0.919. The molecule has 0 aliphatic carbocycles. The lowest BCUT2D eigenvalue weighted by molar-refractivity contribution is 0.238. The van der Waals surface area contributed by atoms with Crippen LogP contribution in [0.25, 0.3) is 0 Å². The molecule has 2 aromatic heterocycles. The van der Waals surface area contributed by atoms with Crippen LogP contribution in [0.1, 0.15) is 38.0 Å². The number of hydrogen-bond acceptors (Lipinski definition) is 3. The molecule has 2 heterocycles. The van der Waals surface area contributed by atoms with Gasteiger partial charge in [-0.1, -0.05) is 20.8 Å². The summed E-state index contributed by atoms with van der Waals surface area (Å²) in [5.74, 6) is 1.09. The van der Waals surface area contributed by atoms with Gasteiger partial charge in [0.15, 0.2) is 0 Å². The highest BCUT2D eigenvalue weighted by atomic mass is 15.1. The van der Waals surface area contributed by atoms with Crippen LogP contribution in [0.2, 0.25) is 0 Å². The van der Waals surface area contributed by atoms with Crippen molar-refractivity contribution in [1.29, 1.82) is 0 Å². The molecule has 116 valence electrons. The lowest BCUT2D eigenvalue weighted by Gasteiger charge is -2.32. The van der Waals surface area contributed by atoms with Gasteiger partial charge >= 0.3 is 0 Å². The summed E-state index contributed by atoms with van der Waals surface area (Å²) in [5, 5.41) is 3.66. The standard InChI is InChI=1S/C16H27N5/c1-12-13(2)20(6)15(19-12)9-18-14(16(3,4)5)10-21-8-7-17-11-21/h7-8,11,14,18H,9-10H2,1-6H3. The van der Waals surface area contributed by atoms with Crippen LogP contribution in [0.5, 0.6) is 0 Å². The van der Waals surface area contributed by atoms with E-state index >= 15 is 0 Å². The van der Waals surface area contributed by atoms with Gasteiger partial charge in [0.05, 0.1) is 18.6 Å². The van der Waals surface area contributed by atoms with E-state index in [2.05, 4.69) is 66.1 Å². The molecule has 0 bridgehead atoms. The minimum atomic E-state index is 0.166. The Morgan fingerprint density at radius 3 is 2.48 bits per heavy atom. The zero-order valence-corrected chi connectivity index (χ0v) is 14.0. The molecule has 0 aliphatic heterocycles. The van der Waals surface area contributed by atoms with Gasteiger partial charge in [0, 0.05) is 37.7 Å². The summed E-state index contributed by atoms with van der Waals surface area (Å²) < 4.78 is 4.29. The van der Waals surface area contributed by atoms with E-state index in [1.807, 2.05) is 18.7 Å². The highest BCUT2D eigenvalue weighted by molar-refractivity contribution is 5.13. The molecule has 5 heteroatoms. The molecule has 0 spiro atoms. The predicted molar refractivity (Wildman–Crippen MR) is 85.0 cm³/mol. The second-order valence-corrected chi connectivity index (χ2v) is 6.82. The lowest BCUT2D eigenvalue weighted by Crippen LogP contribution is -2.43. The summed E-state index contributed by atoms with van der Waals surface area (Å²) in [6.45, 7) is 12.6. The van der Waals surface area contributed by atoms with Crippen molar-refractivity contribution in [1.82, 2.24) is 24.4 Å². The van der Waals surface area contributed by atoms with E-state index in [0.717, 1.165) is 24.6 Å². The number of aryl methyl sites for hydroxylation is 1. The fourth-order valence-electron chi connectivity index (χ4n) is 2.41. The number of hydrogen-bond donors (Lipinski definition) is 1. The van der Waals surface area contributed by atoms with E-state index in [0.29, 0.717) is 6.04 Å². The van der Waals surface area contributed by atoms with Crippen LogP contribution in [-0.4, -0.2) is 25.1 Å². The van der Waals surface area contributed by atoms with Crippen molar-refractivity contribution in [2.24, 2.45) is 12.5 Å². The normalized spacial score (nSPS) is 13.6. The van der Waals surface area contributed by atoms with Crippen LogP contribution < -0.4 is 5.32 Å². The number of nitrogens with zero attached hydrogens (tertiary/aromatic N) is 4. The Hall–Kier alpha value is -1.62. The molecule has 1 N–H and O–H groups in total. The smallest absolute Gasteiger partial charge is 0.122 e. The van der Waals surface area contributed by atoms with Crippen molar-refractivity contribution >= 4 is 0 Å². The van der Waals surface area contributed by atoms with Gasteiger partial charge < -0.3 is 14.5 Å². The molecule has 0 amide bonds. The first kappa shape index (κ1) is 15.8.